The van der Waals surface area contributed by atoms with Crippen LogP contribution >= 0.6 is 0 Å². The zero-order chi connectivity index (χ0) is 26.3. The lowest BCUT2D eigenvalue weighted by Crippen LogP contribution is -2.44. The second-order valence-electron chi connectivity index (χ2n) is 10.4. The summed E-state index contributed by atoms with van der Waals surface area (Å²) in [6, 6.07) is 23.8. The summed E-state index contributed by atoms with van der Waals surface area (Å²) in [6.07, 6.45) is 6.81. The Morgan fingerprint density at radius 2 is 1.50 bits per heavy atom. The molecule has 1 atom stereocenters. The molecule has 3 aromatic carbocycles. The zero-order valence-corrected chi connectivity index (χ0v) is 21.8. The van der Waals surface area contributed by atoms with E-state index >= 15 is 0 Å². The molecule has 0 aliphatic heterocycles. The molecule has 4 N–H and O–H groups in total. The van der Waals surface area contributed by atoms with Crippen molar-refractivity contribution in [3.8, 4) is 11.1 Å². The fourth-order valence-corrected chi connectivity index (χ4v) is 5.88. The summed E-state index contributed by atoms with van der Waals surface area (Å²) >= 11 is 0. The molecule has 0 heterocycles. The molecule has 38 heavy (non-hydrogen) atoms. The summed E-state index contributed by atoms with van der Waals surface area (Å²) in [6.45, 7) is 0.639. The highest BCUT2D eigenvalue weighted by molar-refractivity contribution is 5.96. The molecule has 198 valence electrons. The molecule has 2 amide bonds. The van der Waals surface area contributed by atoms with Crippen LogP contribution < -0.4 is 16.4 Å². The topological polar surface area (TPSA) is 93.4 Å². The van der Waals surface area contributed by atoms with E-state index in [1.165, 1.54) is 48.8 Å². The number of carbonyl (C=O) groups excluding carboxylic acids is 2. The Bertz CT molecular complexity index is 1210. The van der Waals surface area contributed by atoms with Gasteiger partial charge in [0, 0.05) is 11.6 Å². The Labute approximate surface area is 225 Å². The second kappa shape index (κ2) is 12.3. The molecule has 2 aliphatic rings. The summed E-state index contributed by atoms with van der Waals surface area (Å²) < 4.78 is 5.67. The Kier molecular flexibility index (Phi) is 8.39. The Morgan fingerprint density at radius 1 is 0.868 bits per heavy atom. The van der Waals surface area contributed by atoms with E-state index in [1.807, 2.05) is 36.4 Å². The van der Waals surface area contributed by atoms with Crippen LogP contribution in [0.2, 0.25) is 0 Å². The van der Waals surface area contributed by atoms with E-state index in [0.717, 1.165) is 16.8 Å². The van der Waals surface area contributed by atoms with Crippen LogP contribution in [0.1, 0.15) is 73.5 Å². The number of nitrogens with one attached hydrogen (secondary N) is 2. The molecule has 0 bridgehead atoms. The Balaban J connectivity index is 1.19. The summed E-state index contributed by atoms with van der Waals surface area (Å²) in [5.41, 5.74) is 12.4. The largest absolute Gasteiger partial charge is 0.449 e. The lowest BCUT2D eigenvalue weighted by Gasteiger charge is -2.22. The van der Waals surface area contributed by atoms with Gasteiger partial charge in [-0.05, 0) is 78.1 Å². The molecular weight excluding hydrogens is 474 g/mol. The smallest absolute Gasteiger partial charge is 0.407 e. The van der Waals surface area contributed by atoms with Gasteiger partial charge in [0.2, 0.25) is 5.91 Å². The molecule has 0 radical (unpaired) electrons. The van der Waals surface area contributed by atoms with Crippen molar-refractivity contribution in [2.75, 3.05) is 18.5 Å². The third-order valence-electron chi connectivity index (χ3n) is 7.90. The van der Waals surface area contributed by atoms with E-state index in [0.29, 0.717) is 25.3 Å². The SMILES string of the molecule is NCCC[C@H](NC(=O)OCC1c2ccccc2-c2ccccc21)C(=O)Nc1ccc(C2CCCCC2)cc1. The molecule has 1 fully saturated rings. The molecule has 6 heteroatoms. The van der Waals surface area contributed by atoms with Crippen LogP contribution in [0.5, 0.6) is 0 Å². The molecular formula is C32H37N3O3. The molecule has 5 rings (SSSR count). The van der Waals surface area contributed by atoms with Gasteiger partial charge in [-0.3, -0.25) is 4.79 Å². The van der Waals surface area contributed by atoms with Gasteiger partial charge in [-0.15, -0.1) is 0 Å². The van der Waals surface area contributed by atoms with Crippen molar-refractivity contribution < 1.29 is 14.3 Å². The van der Waals surface area contributed by atoms with Crippen molar-refractivity contribution in [3.63, 3.8) is 0 Å². The third kappa shape index (κ3) is 5.91. The monoisotopic (exact) mass is 511 g/mol. The van der Waals surface area contributed by atoms with Crippen molar-refractivity contribution in [2.24, 2.45) is 5.73 Å². The lowest BCUT2D eigenvalue weighted by molar-refractivity contribution is -0.118. The fraction of sp³-hybridized carbons (Fsp3) is 0.375. The minimum absolute atomic E-state index is 0.0350. The molecule has 0 unspecified atom stereocenters. The summed E-state index contributed by atoms with van der Waals surface area (Å²) in [5, 5.41) is 5.74. The van der Waals surface area contributed by atoms with Crippen LogP contribution in [0.15, 0.2) is 72.8 Å². The first-order chi connectivity index (χ1) is 18.6. The maximum absolute atomic E-state index is 13.1. The van der Waals surface area contributed by atoms with Crippen LogP contribution in [-0.4, -0.2) is 31.2 Å². The fourth-order valence-electron chi connectivity index (χ4n) is 5.88. The molecule has 3 aromatic rings. The standard InChI is InChI=1S/C32H37N3O3/c33-20-8-15-30(31(36)34-24-18-16-23(17-19-24)22-9-2-1-3-10-22)35-32(37)38-21-29-27-13-6-4-11-25(27)26-12-5-7-14-28(26)29/h4-7,11-14,16-19,22,29-30H,1-3,8-10,15,20-21,33H2,(H,34,36)(H,35,37)/t30-/m0/s1. The maximum atomic E-state index is 13.1. The highest BCUT2D eigenvalue weighted by Crippen LogP contribution is 2.44. The third-order valence-corrected chi connectivity index (χ3v) is 7.90. The number of benzene rings is 3. The van der Waals surface area contributed by atoms with Crippen LogP contribution in [0.4, 0.5) is 10.5 Å². The van der Waals surface area contributed by atoms with Gasteiger partial charge in [0.05, 0.1) is 0 Å². The zero-order valence-electron chi connectivity index (χ0n) is 21.8. The predicted octanol–water partition coefficient (Wildman–Crippen LogP) is 6.32. The first kappa shape index (κ1) is 26.0. The molecule has 0 spiro atoms. The summed E-state index contributed by atoms with van der Waals surface area (Å²) in [4.78, 5) is 25.9. The average molecular weight is 512 g/mol. The normalized spacial score (nSPS) is 15.8. The van der Waals surface area contributed by atoms with E-state index in [1.54, 1.807) is 0 Å². The van der Waals surface area contributed by atoms with Gasteiger partial charge in [0.1, 0.15) is 12.6 Å². The first-order valence-corrected chi connectivity index (χ1v) is 13.9. The van der Waals surface area contributed by atoms with E-state index in [9.17, 15) is 9.59 Å². The first-order valence-electron chi connectivity index (χ1n) is 13.9. The van der Waals surface area contributed by atoms with Gasteiger partial charge < -0.3 is 21.1 Å². The van der Waals surface area contributed by atoms with Crippen LogP contribution in [0.25, 0.3) is 11.1 Å². The quantitative estimate of drug-likeness (QED) is 0.313. The predicted molar refractivity (Wildman–Crippen MR) is 151 cm³/mol. The van der Waals surface area contributed by atoms with Gasteiger partial charge >= 0.3 is 6.09 Å². The van der Waals surface area contributed by atoms with Crippen molar-refractivity contribution >= 4 is 17.7 Å². The minimum Gasteiger partial charge on any atom is -0.449 e. The van der Waals surface area contributed by atoms with Crippen LogP contribution in [-0.2, 0) is 9.53 Å². The summed E-state index contributed by atoms with van der Waals surface area (Å²) in [5.74, 6) is 0.311. The minimum atomic E-state index is -0.729. The van der Waals surface area contributed by atoms with Crippen LogP contribution in [0, 0.1) is 0 Å². The number of anilines is 1. The van der Waals surface area contributed by atoms with Crippen molar-refractivity contribution in [1.82, 2.24) is 5.32 Å². The second-order valence-corrected chi connectivity index (χ2v) is 10.4. The van der Waals surface area contributed by atoms with E-state index in [-0.39, 0.29) is 18.4 Å². The molecule has 2 aliphatic carbocycles. The number of alkyl carbamates (subject to hydrolysis) is 1. The maximum Gasteiger partial charge on any atom is 0.407 e. The van der Waals surface area contributed by atoms with Crippen molar-refractivity contribution in [3.05, 3.63) is 89.5 Å². The number of hydrogen-bond acceptors (Lipinski definition) is 4. The van der Waals surface area contributed by atoms with E-state index in [2.05, 4.69) is 47.0 Å². The average Bonchev–Trinajstić information content (AvgIpc) is 3.28. The van der Waals surface area contributed by atoms with E-state index < -0.39 is 12.1 Å². The van der Waals surface area contributed by atoms with Crippen molar-refractivity contribution in [2.45, 2.75) is 62.8 Å². The van der Waals surface area contributed by atoms with Gasteiger partial charge in [-0.1, -0.05) is 79.9 Å². The highest BCUT2D eigenvalue weighted by Gasteiger charge is 2.30. The molecule has 0 saturated heterocycles. The Morgan fingerprint density at radius 3 is 2.13 bits per heavy atom. The number of rotatable bonds is 9. The van der Waals surface area contributed by atoms with Gasteiger partial charge in [0.15, 0.2) is 0 Å². The summed E-state index contributed by atoms with van der Waals surface area (Å²) in [7, 11) is 0. The number of fused-ring (bicyclic) bond motifs is 3. The van der Waals surface area contributed by atoms with Gasteiger partial charge in [-0.2, -0.15) is 0 Å². The van der Waals surface area contributed by atoms with Crippen LogP contribution in [0.3, 0.4) is 0 Å². The number of hydrogen-bond donors (Lipinski definition) is 3. The number of carbonyl (C=O) groups is 2. The Hall–Kier alpha value is -3.64. The van der Waals surface area contributed by atoms with E-state index in [4.69, 9.17) is 10.5 Å². The molecule has 1 saturated carbocycles. The number of amides is 2. The molecule has 6 nitrogen and oxygen atoms in total. The number of ether oxygens (including phenoxy) is 1. The number of nitrogens with two attached hydrogens (primary N) is 1. The van der Waals surface area contributed by atoms with Crippen molar-refractivity contribution in [1.29, 1.82) is 0 Å². The highest BCUT2D eigenvalue weighted by atomic mass is 16.5. The molecule has 0 aromatic heterocycles. The van der Waals surface area contributed by atoms with Gasteiger partial charge in [0.25, 0.3) is 0 Å². The lowest BCUT2D eigenvalue weighted by atomic mass is 9.84. The van der Waals surface area contributed by atoms with Gasteiger partial charge in [-0.25, -0.2) is 4.79 Å².